The van der Waals surface area contributed by atoms with Gasteiger partial charge in [0.05, 0.1) is 22.1 Å². The molecule has 0 radical (unpaired) electrons. The Hall–Kier alpha value is -3.40. The number of nitrogens with zero attached hydrogens (tertiary/aromatic N) is 2. The molecule has 5 aromatic rings. The Bertz CT molecular complexity index is 2180. The molecule has 0 unspecified atom stereocenters. The number of pyridine rings is 2. The fraction of sp³-hybridized carbons (Fsp3) is 0.706. The highest BCUT2D eigenvalue weighted by Crippen LogP contribution is 2.29. The average molecular weight is 986 g/mol. The fourth-order valence-corrected chi connectivity index (χ4v) is 11.9. The molecule has 0 saturated carbocycles. The van der Waals surface area contributed by atoms with Gasteiger partial charge in [-0.2, -0.15) is 0 Å². The number of rotatable bonds is 44. The maximum Gasteiger partial charge on any atom is 0.197 e. The molecule has 0 aliphatic rings. The van der Waals surface area contributed by atoms with Crippen molar-refractivity contribution in [1.29, 1.82) is 0 Å². The van der Waals surface area contributed by atoms with Gasteiger partial charge >= 0.3 is 0 Å². The van der Waals surface area contributed by atoms with Crippen LogP contribution in [0.2, 0.25) is 0 Å². The lowest BCUT2D eigenvalue weighted by Crippen LogP contribution is -2.16. The molecule has 0 aliphatic heterocycles. The molecule has 0 aliphatic carbocycles. The van der Waals surface area contributed by atoms with E-state index >= 15 is 0 Å². The second kappa shape index (κ2) is 36.5. The first-order chi connectivity index (χ1) is 35.5. The van der Waals surface area contributed by atoms with Crippen molar-refractivity contribution >= 4 is 43.6 Å². The topological polar surface area (TPSA) is 44.0 Å². The second-order valence-electron chi connectivity index (χ2n) is 22.8. The third-order valence-corrected chi connectivity index (χ3v) is 16.5. The van der Waals surface area contributed by atoms with Gasteiger partial charge in [0.25, 0.3) is 0 Å². The number of unbranched alkanes of at least 4 members (excludes halogenated alkanes) is 36. The highest BCUT2D eigenvalue weighted by atomic mass is 16.1. The molecule has 0 fully saturated rings. The lowest BCUT2D eigenvalue weighted by atomic mass is 9.99. The minimum atomic E-state index is 0.111. The van der Waals surface area contributed by atoms with E-state index in [0.29, 0.717) is 0 Å². The van der Waals surface area contributed by atoms with E-state index in [1.165, 1.54) is 242 Å². The Morgan fingerprint density at radius 3 is 0.778 bits per heavy atom. The lowest BCUT2D eigenvalue weighted by Gasteiger charge is -2.20. The summed E-state index contributed by atoms with van der Waals surface area (Å²) in [5.74, 6) is 0. The van der Waals surface area contributed by atoms with E-state index in [1.54, 1.807) is 0 Å². The summed E-state index contributed by atoms with van der Waals surface area (Å²) in [4.78, 5) is 29.7. The Balaban J connectivity index is 1.23. The van der Waals surface area contributed by atoms with Gasteiger partial charge in [-0.1, -0.05) is 271 Å². The van der Waals surface area contributed by atoms with Crippen LogP contribution in [0, 0.1) is 0 Å². The Kier molecular flexibility index (Phi) is 30.2. The molecule has 0 spiro atoms. The van der Waals surface area contributed by atoms with E-state index in [1.807, 2.05) is 0 Å². The van der Waals surface area contributed by atoms with Gasteiger partial charge in [-0.05, 0) is 86.1 Å². The number of fused-ring (bicyclic) bond motifs is 4. The molecule has 5 rings (SSSR count). The smallest absolute Gasteiger partial charge is 0.197 e. The van der Waals surface area contributed by atoms with Crippen LogP contribution in [0.4, 0.5) is 0 Å². The van der Waals surface area contributed by atoms with Crippen LogP contribution in [0.15, 0.2) is 58.1 Å². The zero-order valence-corrected chi connectivity index (χ0v) is 47.4. The second-order valence-corrected chi connectivity index (χ2v) is 22.8. The fourth-order valence-electron chi connectivity index (χ4n) is 11.9. The molecule has 3 aromatic carbocycles. The van der Waals surface area contributed by atoms with E-state index in [9.17, 15) is 9.59 Å². The first kappa shape index (κ1) is 59.5. The van der Waals surface area contributed by atoms with Gasteiger partial charge in [-0.3, -0.25) is 9.59 Å². The molecule has 4 nitrogen and oxygen atoms in total. The molecule has 0 N–H and O–H groups in total. The van der Waals surface area contributed by atoms with Gasteiger partial charge in [-0.15, -0.1) is 0 Å². The first-order valence-electron chi connectivity index (χ1n) is 31.6. The van der Waals surface area contributed by atoms with Crippen molar-refractivity contribution in [2.45, 2.75) is 310 Å². The van der Waals surface area contributed by atoms with Crippen molar-refractivity contribution in [2.75, 3.05) is 0 Å². The van der Waals surface area contributed by atoms with Crippen LogP contribution in [0.1, 0.15) is 296 Å². The van der Waals surface area contributed by atoms with Crippen LogP contribution in [-0.4, -0.2) is 9.13 Å². The summed E-state index contributed by atoms with van der Waals surface area (Å²) in [5, 5.41) is 3.18. The third-order valence-electron chi connectivity index (χ3n) is 16.5. The van der Waals surface area contributed by atoms with E-state index in [0.717, 1.165) is 95.2 Å². The standard InChI is InChI=1S/C68H108N2O2/c1-5-9-13-17-19-21-23-25-27-29-31-33-35-37-39-41-45-57-47-49-63-59(53-57)67(71)61-55-66-62(56-65(61)69(63)51-43-15-11-7-3)68(72)60-54-58(48-50-64(60)70(66)52-44-16-12-8-4)46-42-40-38-36-34-32-30-28-26-24-22-20-18-14-10-6-2/h47-50,53-56H,5-46,51-52H2,1-4H3. The molecule has 2 aromatic heterocycles. The molecule has 2 heterocycles. The number of aryl methyl sites for hydroxylation is 4. The molecule has 0 bridgehead atoms. The molecule has 0 amide bonds. The molecule has 0 atom stereocenters. The van der Waals surface area contributed by atoms with Gasteiger partial charge in [0.1, 0.15) is 0 Å². The molecule has 0 saturated heterocycles. The zero-order valence-electron chi connectivity index (χ0n) is 47.4. The van der Waals surface area contributed by atoms with Crippen LogP contribution in [0.25, 0.3) is 43.6 Å². The van der Waals surface area contributed by atoms with Crippen molar-refractivity contribution in [2.24, 2.45) is 0 Å². The van der Waals surface area contributed by atoms with Crippen LogP contribution in [0.3, 0.4) is 0 Å². The van der Waals surface area contributed by atoms with Crippen molar-refractivity contribution in [3.8, 4) is 0 Å². The minimum absolute atomic E-state index is 0.111. The summed E-state index contributed by atoms with van der Waals surface area (Å²) in [6.07, 6.45) is 55.3. The number of hydrogen-bond acceptors (Lipinski definition) is 2. The monoisotopic (exact) mass is 985 g/mol. The Labute approximate surface area is 441 Å². The van der Waals surface area contributed by atoms with E-state index in [4.69, 9.17) is 0 Å². The SMILES string of the molecule is CCCCCCCCCCCCCCCCCCc1ccc2c(c1)c(=O)c1cc3c(cc1n2CCCCCC)c(=O)c1cc(CCCCCCCCCCCCCCCCCC)ccc1n3CCCCCC. The summed E-state index contributed by atoms with van der Waals surface area (Å²) in [6.45, 7) is 10.8. The Morgan fingerprint density at radius 1 is 0.264 bits per heavy atom. The summed E-state index contributed by atoms with van der Waals surface area (Å²) in [5.41, 5.74) is 6.63. The van der Waals surface area contributed by atoms with Crippen molar-refractivity contribution in [1.82, 2.24) is 9.13 Å². The Morgan fingerprint density at radius 2 is 0.500 bits per heavy atom. The molecular weight excluding hydrogens is 877 g/mol. The predicted molar refractivity (Wildman–Crippen MR) is 320 cm³/mol. The van der Waals surface area contributed by atoms with Crippen LogP contribution < -0.4 is 10.9 Å². The van der Waals surface area contributed by atoms with Gasteiger partial charge in [0, 0.05) is 34.6 Å². The molecular formula is C68H108N2O2. The predicted octanol–water partition coefficient (Wildman–Crippen LogP) is 21.4. The van der Waals surface area contributed by atoms with Crippen LogP contribution in [0.5, 0.6) is 0 Å². The quantitative estimate of drug-likeness (QED) is 0.0288. The van der Waals surface area contributed by atoms with E-state index < -0.39 is 0 Å². The normalized spacial score (nSPS) is 11.9. The lowest BCUT2D eigenvalue weighted by molar-refractivity contribution is 0.529. The summed E-state index contributed by atoms with van der Waals surface area (Å²) >= 11 is 0. The van der Waals surface area contributed by atoms with Crippen molar-refractivity contribution < 1.29 is 0 Å². The molecule has 72 heavy (non-hydrogen) atoms. The van der Waals surface area contributed by atoms with Gasteiger partial charge < -0.3 is 9.13 Å². The van der Waals surface area contributed by atoms with Gasteiger partial charge in [-0.25, -0.2) is 0 Å². The maximum atomic E-state index is 14.8. The summed E-state index contributed by atoms with van der Waals surface area (Å²) in [7, 11) is 0. The van der Waals surface area contributed by atoms with Crippen LogP contribution >= 0.6 is 0 Å². The number of hydrogen-bond donors (Lipinski definition) is 0. The largest absolute Gasteiger partial charge is 0.340 e. The first-order valence-corrected chi connectivity index (χ1v) is 31.6. The summed E-state index contributed by atoms with van der Waals surface area (Å²) < 4.78 is 4.78. The average Bonchev–Trinajstić information content (AvgIpc) is 3.40. The van der Waals surface area contributed by atoms with Crippen LogP contribution in [-0.2, 0) is 25.9 Å². The highest BCUT2D eigenvalue weighted by molar-refractivity contribution is 6.04. The zero-order chi connectivity index (χ0) is 50.9. The molecule has 402 valence electrons. The van der Waals surface area contributed by atoms with Crippen molar-refractivity contribution in [3.63, 3.8) is 0 Å². The maximum absolute atomic E-state index is 14.8. The van der Waals surface area contributed by atoms with Gasteiger partial charge in [0.2, 0.25) is 0 Å². The molecule has 4 heteroatoms. The summed E-state index contributed by atoms with van der Waals surface area (Å²) in [6, 6.07) is 17.7. The number of benzene rings is 3. The highest BCUT2D eigenvalue weighted by Gasteiger charge is 2.18. The third kappa shape index (κ3) is 20.4. The van der Waals surface area contributed by atoms with E-state index in [2.05, 4.69) is 85.4 Å². The van der Waals surface area contributed by atoms with E-state index in [-0.39, 0.29) is 10.9 Å². The van der Waals surface area contributed by atoms with Gasteiger partial charge in [0.15, 0.2) is 10.9 Å². The van der Waals surface area contributed by atoms with Crippen molar-refractivity contribution in [3.05, 3.63) is 80.1 Å². The minimum Gasteiger partial charge on any atom is -0.340 e. The number of aromatic nitrogens is 2.